The van der Waals surface area contributed by atoms with Gasteiger partial charge in [-0.25, -0.2) is 0 Å². The summed E-state index contributed by atoms with van der Waals surface area (Å²) in [7, 11) is 0. The number of rotatable bonds is 1. The van der Waals surface area contributed by atoms with Crippen LogP contribution in [-0.2, 0) is 11.3 Å². The van der Waals surface area contributed by atoms with Crippen molar-refractivity contribution in [2.45, 2.75) is 31.8 Å². The summed E-state index contributed by atoms with van der Waals surface area (Å²) in [6, 6.07) is 5.26. The van der Waals surface area contributed by atoms with E-state index in [-0.39, 0.29) is 17.5 Å². The molecule has 1 amide bonds. The fraction of sp³-hybridized carbons (Fsp3) is 0.571. The average molecular weight is 262 g/mol. The maximum atomic E-state index is 12.1. The van der Waals surface area contributed by atoms with Gasteiger partial charge in [0.05, 0.1) is 0 Å². The van der Waals surface area contributed by atoms with Crippen molar-refractivity contribution in [1.29, 1.82) is 0 Å². The van der Waals surface area contributed by atoms with Crippen LogP contribution in [0.1, 0.15) is 25.0 Å². The van der Waals surface area contributed by atoms with Gasteiger partial charge in [0, 0.05) is 37.3 Å². The third kappa shape index (κ3) is 2.08. The van der Waals surface area contributed by atoms with Crippen molar-refractivity contribution in [2.75, 3.05) is 13.1 Å². The summed E-state index contributed by atoms with van der Waals surface area (Å²) in [5.41, 5.74) is 4.98. The summed E-state index contributed by atoms with van der Waals surface area (Å²) in [5, 5.41) is 0. The van der Waals surface area contributed by atoms with Crippen LogP contribution in [0.2, 0.25) is 0 Å². The summed E-state index contributed by atoms with van der Waals surface area (Å²) in [6.07, 6.45) is 1.08. The molecule has 0 aromatic carbocycles. The zero-order chi connectivity index (χ0) is 13.6. The number of pyridine rings is 1. The highest BCUT2D eigenvalue weighted by Crippen LogP contribution is 2.34. The van der Waals surface area contributed by atoms with Gasteiger partial charge in [0.1, 0.15) is 0 Å². The second-order valence-electron chi connectivity index (χ2n) is 5.84. The fourth-order valence-corrected chi connectivity index (χ4v) is 3.39. The van der Waals surface area contributed by atoms with Crippen molar-refractivity contribution in [3.63, 3.8) is 0 Å². The van der Waals surface area contributed by atoms with Gasteiger partial charge in [-0.1, -0.05) is 6.07 Å². The lowest BCUT2D eigenvalue weighted by molar-refractivity contribution is -0.400. The Morgan fingerprint density at radius 3 is 2.89 bits per heavy atom. The first kappa shape index (κ1) is 12.4. The van der Waals surface area contributed by atoms with Gasteiger partial charge in [-0.15, -0.1) is 0 Å². The van der Waals surface area contributed by atoms with Crippen molar-refractivity contribution in [2.24, 2.45) is 5.92 Å². The molecule has 19 heavy (non-hydrogen) atoms. The number of hydrogen-bond donors (Lipinski definition) is 1. The van der Waals surface area contributed by atoms with Gasteiger partial charge in [0.2, 0.25) is 0 Å². The first-order valence-corrected chi connectivity index (χ1v) is 6.88. The van der Waals surface area contributed by atoms with E-state index in [0.29, 0.717) is 11.8 Å². The van der Waals surface area contributed by atoms with Crippen LogP contribution in [0.15, 0.2) is 23.0 Å². The summed E-state index contributed by atoms with van der Waals surface area (Å²) >= 11 is 0. The molecule has 2 aliphatic heterocycles. The number of hydrogen-bond acceptors (Lipinski definition) is 2. The van der Waals surface area contributed by atoms with E-state index in [1.54, 1.807) is 6.07 Å². The number of quaternary nitrogens is 1. The van der Waals surface area contributed by atoms with Crippen LogP contribution in [0.4, 0.5) is 0 Å². The van der Waals surface area contributed by atoms with Crippen molar-refractivity contribution >= 4 is 5.91 Å². The fourth-order valence-electron chi connectivity index (χ4n) is 3.39. The zero-order valence-electron chi connectivity index (χ0n) is 11.2. The second kappa shape index (κ2) is 4.49. The lowest BCUT2D eigenvalue weighted by atomic mass is 9.83. The molecule has 0 radical (unpaired) electrons. The third-order valence-electron chi connectivity index (χ3n) is 4.21. The van der Waals surface area contributed by atoms with Gasteiger partial charge >= 0.3 is 0 Å². The topological polar surface area (TPSA) is 70.0 Å². The van der Waals surface area contributed by atoms with Gasteiger partial charge in [0.25, 0.3) is 11.5 Å². The van der Waals surface area contributed by atoms with Crippen LogP contribution in [-0.4, -0.2) is 34.5 Å². The predicted molar refractivity (Wildman–Crippen MR) is 70.5 cm³/mol. The molecule has 1 saturated heterocycles. The van der Waals surface area contributed by atoms with Crippen LogP contribution in [0.3, 0.4) is 0 Å². The molecule has 102 valence electrons. The molecule has 5 nitrogen and oxygen atoms in total. The van der Waals surface area contributed by atoms with Gasteiger partial charge in [0.15, 0.2) is 6.04 Å². The maximum absolute atomic E-state index is 12.1. The molecule has 1 aromatic rings. The molecule has 3 heterocycles. The van der Waals surface area contributed by atoms with E-state index in [1.165, 1.54) is 0 Å². The molecule has 5 heteroatoms. The normalized spacial score (nSPS) is 26.7. The number of fused-ring (bicyclic) bond motifs is 4. The maximum Gasteiger partial charge on any atom is 0.280 e. The molecule has 1 fully saturated rings. The number of carbonyl (C=O) groups excluding carboxylic acids is 1. The highest BCUT2D eigenvalue weighted by molar-refractivity contribution is 5.80. The van der Waals surface area contributed by atoms with Crippen LogP contribution in [0.5, 0.6) is 0 Å². The minimum absolute atomic E-state index is 0.0810. The van der Waals surface area contributed by atoms with E-state index in [2.05, 4.69) is 5.73 Å². The molecule has 0 spiro atoms. The molecule has 0 saturated carbocycles. The predicted octanol–water partition coefficient (Wildman–Crippen LogP) is -0.576. The molecule has 1 aromatic heterocycles. The largest absolute Gasteiger partial charge is 0.348 e. The Kier molecular flexibility index (Phi) is 2.93. The van der Waals surface area contributed by atoms with E-state index in [9.17, 15) is 9.59 Å². The average Bonchev–Trinajstić information content (AvgIpc) is 2.39. The molecular formula is C14H20N3O2+. The van der Waals surface area contributed by atoms with E-state index in [4.69, 9.17) is 0 Å². The standard InChI is InChI=1S/C14H19N3O2/c1-9(15)14(19)16-6-10-5-11(8-16)12-3-2-4-13(18)17(12)7-10/h2-4,9-11H,5-8,15H2,1H3/p+1. The smallest absolute Gasteiger partial charge is 0.280 e. The van der Waals surface area contributed by atoms with Crippen LogP contribution < -0.4 is 11.3 Å². The molecule has 3 unspecified atom stereocenters. The number of nitrogens with zero attached hydrogens (tertiary/aromatic N) is 2. The van der Waals surface area contributed by atoms with Crippen LogP contribution >= 0.6 is 0 Å². The van der Waals surface area contributed by atoms with Gasteiger partial charge in [-0.05, 0) is 25.3 Å². The number of likely N-dealkylation sites (tertiary alicyclic amines) is 1. The summed E-state index contributed by atoms with van der Waals surface area (Å²) in [5.74, 6) is 0.819. The highest BCUT2D eigenvalue weighted by atomic mass is 16.2. The van der Waals surface area contributed by atoms with E-state index in [0.717, 1.165) is 31.7 Å². The Hall–Kier alpha value is -1.62. The van der Waals surface area contributed by atoms with Crippen molar-refractivity contribution in [3.05, 3.63) is 34.2 Å². The number of aromatic nitrogens is 1. The Morgan fingerprint density at radius 2 is 2.16 bits per heavy atom. The van der Waals surface area contributed by atoms with E-state index in [1.807, 2.05) is 28.5 Å². The lowest BCUT2D eigenvalue weighted by Crippen LogP contribution is -2.67. The quantitative estimate of drug-likeness (QED) is 0.736. The first-order valence-electron chi connectivity index (χ1n) is 6.88. The molecule has 2 aliphatic rings. The van der Waals surface area contributed by atoms with Gasteiger partial charge < -0.3 is 15.2 Å². The molecule has 3 N–H and O–H groups in total. The summed E-state index contributed by atoms with van der Waals surface area (Å²) in [4.78, 5) is 25.9. The van der Waals surface area contributed by atoms with Crippen molar-refractivity contribution in [1.82, 2.24) is 9.47 Å². The first-order chi connectivity index (χ1) is 9.06. The van der Waals surface area contributed by atoms with Crippen molar-refractivity contribution in [3.8, 4) is 0 Å². The second-order valence-corrected chi connectivity index (χ2v) is 5.84. The number of amides is 1. The molecule has 0 aliphatic carbocycles. The molecule has 3 rings (SSSR count). The number of carbonyl (C=O) groups is 1. The Balaban J connectivity index is 1.92. The van der Waals surface area contributed by atoms with Crippen LogP contribution in [0, 0.1) is 5.92 Å². The molecule has 3 atom stereocenters. The van der Waals surface area contributed by atoms with Crippen molar-refractivity contribution < 1.29 is 10.5 Å². The van der Waals surface area contributed by atoms with Crippen LogP contribution in [0.25, 0.3) is 0 Å². The van der Waals surface area contributed by atoms with E-state index < -0.39 is 0 Å². The Morgan fingerprint density at radius 1 is 1.37 bits per heavy atom. The van der Waals surface area contributed by atoms with Gasteiger partial charge in [-0.2, -0.15) is 0 Å². The Labute approximate surface area is 112 Å². The molecule has 2 bridgehead atoms. The van der Waals surface area contributed by atoms with Gasteiger partial charge in [-0.3, -0.25) is 9.59 Å². The number of piperidine rings is 1. The third-order valence-corrected chi connectivity index (χ3v) is 4.21. The molecular weight excluding hydrogens is 242 g/mol. The monoisotopic (exact) mass is 262 g/mol. The summed E-state index contributed by atoms with van der Waals surface area (Å²) < 4.78 is 1.88. The Bertz CT molecular complexity index is 564. The minimum atomic E-state index is -0.197. The highest BCUT2D eigenvalue weighted by Gasteiger charge is 2.37. The van der Waals surface area contributed by atoms with E-state index >= 15 is 0 Å². The SMILES string of the molecule is CC([NH3+])C(=O)N1CC2CC(C1)c1cccc(=O)n1C2. The zero-order valence-corrected chi connectivity index (χ0v) is 11.2. The summed E-state index contributed by atoms with van der Waals surface area (Å²) in [6.45, 7) is 4.06. The lowest BCUT2D eigenvalue weighted by Gasteiger charge is -2.42. The minimum Gasteiger partial charge on any atom is -0.348 e.